The highest BCUT2D eigenvalue weighted by Crippen LogP contribution is 2.37. The van der Waals surface area contributed by atoms with Gasteiger partial charge in [0, 0.05) is 10.8 Å². The van der Waals surface area contributed by atoms with Crippen molar-refractivity contribution in [2.24, 2.45) is 11.0 Å². The minimum absolute atomic E-state index is 0.0620. The molecule has 2 aliphatic carbocycles. The Labute approximate surface area is 202 Å². The summed E-state index contributed by atoms with van der Waals surface area (Å²) in [5.41, 5.74) is 9.90. The number of aliphatic hydroxyl groups excluding tert-OH is 1. The molecule has 2 bridgehead atoms. The van der Waals surface area contributed by atoms with Crippen molar-refractivity contribution >= 4 is 12.4 Å². The van der Waals surface area contributed by atoms with Gasteiger partial charge < -0.3 is 29.2 Å². The van der Waals surface area contributed by atoms with E-state index in [2.05, 4.69) is 10.0 Å². The number of azide groups is 1. The largest absolute Gasteiger partial charge is 0.504 e. The molecule has 1 saturated carbocycles. The first-order valence-corrected chi connectivity index (χ1v) is 11.1. The highest BCUT2D eigenvalue weighted by atomic mass is 16.7. The Morgan fingerprint density at radius 3 is 2.80 bits per heavy atom. The summed E-state index contributed by atoms with van der Waals surface area (Å²) in [5, 5.41) is 22.7. The van der Waals surface area contributed by atoms with Gasteiger partial charge >= 0.3 is 0 Å². The van der Waals surface area contributed by atoms with E-state index < -0.39 is 12.0 Å². The molecule has 1 aromatic carbocycles. The average Bonchev–Trinajstić information content (AvgIpc) is 3.00. The van der Waals surface area contributed by atoms with Crippen molar-refractivity contribution in [2.45, 2.75) is 38.9 Å². The summed E-state index contributed by atoms with van der Waals surface area (Å²) in [4.78, 5) is 23.7. The average molecular weight is 488 g/mol. The van der Waals surface area contributed by atoms with Crippen LogP contribution in [0.4, 0.5) is 0 Å². The number of allylic oxidation sites excluding steroid dienone is 1. The van der Waals surface area contributed by atoms with Gasteiger partial charge in [-0.3, -0.25) is 9.59 Å². The zero-order chi connectivity index (χ0) is 25.8. The molecule has 188 valence electrons. The first kappa shape index (κ1) is 27.5. The number of ether oxygens (including phenoxy) is 4. The van der Waals surface area contributed by atoms with E-state index in [0.717, 1.165) is 29.7 Å². The molecule has 35 heavy (non-hydrogen) atoms. The van der Waals surface area contributed by atoms with Crippen molar-refractivity contribution in [1.82, 2.24) is 0 Å². The van der Waals surface area contributed by atoms with E-state index in [-0.39, 0.29) is 42.5 Å². The van der Waals surface area contributed by atoms with Crippen LogP contribution in [0.5, 0.6) is 11.5 Å². The quantitative estimate of drug-likeness (QED) is 0.273. The van der Waals surface area contributed by atoms with E-state index in [1.807, 2.05) is 32.1 Å². The fourth-order valence-corrected chi connectivity index (χ4v) is 3.71. The lowest BCUT2D eigenvalue weighted by Gasteiger charge is -2.31. The molecule has 1 fully saturated rings. The zero-order valence-electron chi connectivity index (χ0n) is 19.8. The van der Waals surface area contributed by atoms with E-state index in [0.29, 0.717) is 6.47 Å². The second-order valence-corrected chi connectivity index (χ2v) is 7.28. The third-order valence-electron chi connectivity index (χ3n) is 5.36. The number of para-hydroxylation sites is 1. The Balaban J connectivity index is 0.000000241. The summed E-state index contributed by atoms with van der Waals surface area (Å²) in [6.07, 6.45) is 6.71. The number of methoxy groups -OCH3 is 1. The van der Waals surface area contributed by atoms with E-state index >= 15 is 0 Å². The lowest BCUT2D eigenvalue weighted by molar-refractivity contribution is -0.131. The molecular weight excluding hydrogens is 458 g/mol. The minimum atomic E-state index is -0.844. The first-order chi connectivity index (χ1) is 17.0. The second kappa shape index (κ2) is 13.8. The van der Waals surface area contributed by atoms with Gasteiger partial charge in [-0.05, 0) is 65.0 Å². The first-order valence-electron chi connectivity index (χ1n) is 11.1. The van der Waals surface area contributed by atoms with Crippen LogP contribution in [-0.2, 0) is 19.0 Å². The number of hydrogen-bond donors (Lipinski definition) is 2. The van der Waals surface area contributed by atoms with Crippen LogP contribution in [0.2, 0.25) is 0 Å². The molecule has 0 spiro atoms. The fraction of sp³-hybridized carbons (Fsp3) is 0.417. The van der Waals surface area contributed by atoms with Crippen LogP contribution in [0, 0.1) is 5.92 Å². The predicted octanol–water partition coefficient (Wildman–Crippen LogP) is 3.93. The van der Waals surface area contributed by atoms with Crippen LogP contribution in [0.15, 0.2) is 58.4 Å². The minimum Gasteiger partial charge on any atom is -0.504 e. The second-order valence-electron chi connectivity index (χ2n) is 7.28. The van der Waals surface area contributed by atoms with Gasteiger partial charge in [0.1, 0.15) is 11.9 Å². The number of carbonyl (C=O) groups excluding carboxylic acids is 2. The number of fused-ring (bicyclic) bond motifs is 2. The van der Waals surface area contributed by atoms with Crippen LogP contribution in [-0.4, -0.2) is 55.3 Å². The number of hydrogen-bond acceptors (Lipinski definition) is 8. The van der Waals surface area contributed by atoms with Crippen LogP contribution in [0.3, 0.4) is 0 Å². The van der Waals surface area contributed by atoms with Crippen LogP contribution < -0.4 is 4.74 Å². The van der Waals surface area contributed by atoms with Gasteiger partial charge in [0.15, 0.2) is 18.3 Å². The molecule has 1 aliphatic heterocycles. The number of aliphatic hydroxyl groups is 1. The molecule has 11 heteroatoms. The Morgan fingerprint density at radius 2 is 2.11 bits per heavy atom. The molecule has 3 aliphatic rings. The van der Waals surface area contributed by atoms with Gasteiger partial charge in [-0.15, -0.1) is 0 Å². The van der Waals surface area contributed by atoms with E-state index in [1.165, 1.54) is 25.3 Å². The molecular formula is C24H29N3O8. The number of phenolic OH excluding ortho intramolecular Hbond substituents is 1. The van der Waals surface area contributed by atoms with Crippen molar-refractivity contribution in [3.05, 3.63) is 69.3 Å². The normalized spacial score (nSPS) is 21.6. The summed E-state index contributed by atoms with van der Waals surface area (Å²) in [7, 11) is 1.36. The Bertz CT molecular complexity index is 1040. The summed E-state index contributed by atoms with van der Waals surface area (Å²) >= 11 is 0. The zero-order valence-corrected chi connectivity index (χ0v) is 19.8. The van der Waals surface area contributed by atoms with Gasteiger partial charge in [0.25, 0.3) is 12.4 Å². The molecule has 1 heterocycles. The lowest BCUT2D eigenvalue weighted by atomic mass is 9.79. The maximum Gasteiger partial charge on any atom is 0.293 e. The summed E-state index contributed by atoms with van der Waals surface area (Å²) in [6, 6.07) is 4.34. The smallest absolute Gasteiger partial charge is 0.293 e. The van der Waals surface area contributed by atoms with Crippen molar-refractivity contribution < 1.29 is 38.7 Å². The number of nitrogens with zero attached hydrogens (tertiary/aromatic N) is 3. The van der Waals surface area contributed by atoms with Crippen molar-refractivity contribution in [1.29, 1.82) is 0 Å². The molecule has 4 rings (SSSR count). The summed E-state index contributed by atoms with van der Waals surface area (Å²) in [5.74, 6) is -0.345. The monoisotopic (exact) mass is 487 g/mol. The molecule has 3 atom stereocenters. The summed E-state index contributed by atoms with van der Waals surface area (Å²) in [6.45, 7) is 4.90. The van der Waals surface area contributed by atoms with Crippen molar-refractivity contribution in [2.75, 3.05) is 20.5 Å². The number of benzene rings is 1. The molecule has 1 amide bonds. The Kier molecular flexibility index (Phi) is 10.8. The highest BCUT2D eigenvalue weighted by molar-refractivity contribution is 5.98. The maximum atomic E-state index is 11.1. The lowest BCUT2D eigenvalue weighted by Crippen LogP contribution is -2.31. The van der Waals surface area contributed by atoms with Gasteiger partial charge in [-0.25, -0.2) is 0 Å². The molecule has 0 saturated heterocycles. The van der Waals surface area contributed by atoms with Crippen LogP contribution in [0.1, 0.15) is 37.0 Å². The highest BCUT2D eigenvalue weighted by Gasteiger charge is 2.33. The number of amides is 1. The molecule has 1 aromatic rings. The van der Waals surface area contributed by atoms with Crippen molar-refractivity contribution in [3.63, 3.8) is 0 Å². The topological polar surface area (TPSA) is 160 Å². The van der Waals surface area contributed by atoms with Gasteiger partial charge in [-0.2, -0.15) is 0 Å². The van der Waals surface area contributed by atoms with E-state index in [9.17, 15) is 19.8 Å². The number of phenols is 1. The number of carbonyl (C=O) groups is 2. The van der Waals surface area contributed by atoms with Gasteiger partial charge in [0.2, 0.25) is 0 Å². The maximum absolute atomic E-state index is 11.1. The van der Waals surface area contributed by atoms with E-state index in [1.54, 1.807) is 0 Å². The molecule has 11 nitrogen and oxygen atoms in total. The fourth-order valence-electron chi connectivity index (χ4n) is 3.71. The molecule has 0 radical (unpaired) electrons. The van der Waals surface area contributed by atoms with Gasteiger partial charge in [-0.1, -0.05) is 19.9 Å². The van der Waals surface area contributed by atoms with E-state index in [4.69, 9.17) is 24.5 Å². The standard InChI is InChI=1S/C14H16O5.C8H7N3O3.C2H6/c15-7-17-6-10-2-1-9-3-11-4-12(19-8-18-11)5-13(9)14(10)16;1-14-6-4-2-3-5(7(6)12)8(13)10-11-9;1-2/h3-5,7,10-11,14,16H,1-2,6,8H2;2-4,12H,1H3;1-2H3. The molecule has 3 unspecified atom stereocenters. The van der Waals surface area contributed by atoms with Crippen LogP contribution in [0.25, 0.3) is 10.4 Å². The third kappa shape index (κ3) is 7.10. The van der Waals surface area contributed by atoms with Gasteiger partial charge in [0.05, 0.1) is 25.4 Å². The third-order valence-corrected chi connectivity index (χ3v) is 5.36. The Hall–Kier alpha value is -3.79. The predicted molar refractivity (Wildman–Crippen MR) is 125 cm³/mol. The number of aromatic hydroxyl groups is 1. The number of rotatable bonds is 5. The molecule has 2 N–H and O–H groups in total. The van der Waals surface area contributed by atoms with Crippen LogP contribution >= 0.6 is 0 Å². The molecule has 0 aromatic heterocycles. The summed E-state index contributed by atoms with van der Waals surface area (Å²) < 4.78 is 20.4. The van der Waals surface area contributed by atoms with Crippen molar-refractivity contribution in [3.8, 4) is 11.5 Å². The Morgan fingerprint density at radius 1 is 1.34 bits per heavy atom. The SMILES string of the molecule is CC.COc1cccc(C(=O)N=[N+]=[N-])c1O.O=COCC1CCC2=CC3C=C(C=C2C1O)OCO3.